The summed E-state index contributed by atoms with van der Waals surface area (Å²) in [4.78, 5) is 11.7. The van der Waals surface area contributed by atoms with E-state index < -0.39 is 0 Å². The molecule has 0 aromatic rings. The van der Waals surface area contributed by atoms with Crippen molar-refractivity contribution in [1.29, 1.82) is 0 Å². The topological polar surface area (TPSA) is 55.1 Å². The molecule has 3 N–H and O–H groups in total. The fraction of sp³-hybridized carbons (Fsp3) is 0.929. The van der Waals surface area contributed by atoms with Gasteiger partial charge in [0.05, 0.1) is 0 Å². The standard InChI is InChI=1S/C14H26N2O/c15-9-12-6-1-2-7-13(12)10-16-14(17)8-11-4-3-5-11/h11-13H,1-10,15H2,(H,16,17). The van der Waals surface area contributed by atoms with Gasteiger partial charge in [0.1, 0.15) is 0 Å². The van der Waals surface area contributed by atoms with Gasteiger partial charge in [-0.15, -0.1) is 0 Å². The summed E-state index contributed by atoms with van der Waals surface area (Å²) >= 11 is 0. The van der Waals surface area contributed by atoms with Gasteiger partial charge in [-0.2, -0.15) is 0 Å². The van der Waals surface area contributed by atoms with E-state index in [1.165, 1.54) is 44.9 Å². The molecule has 3 nitrogen and oxygen atoms in total. The van der Waals surface area contributed by atoms with E-state index in [0.29, 0.717) is 17.8 Å². The van der Waals surface area contributed by atoms with E-state index in [4.69, 9.17) is 5.73 Å². The Morgan fingerprint density at radius 1 is 1.06 bits per heavy atom. The maximum atomic E-state index is 11.7. The second-order valence-electron chi connectivity index (χ2n) is 5.85. The zero-order valence-electron chi connectivity index (χ0n) is 10.8. The molecular weight excluding hydrogens is 212 g/mol. The Morgan fingerprint density at radius 3 is 2.35 bits per heavy atom. The van der Waals surface area contributed by atoms with Gasteiger partial charge in [0, 0.05) is 13.0 Å². The first-order valence-corrected chi connectivity index (χ1v) is 7.26. The second kappa shape index (κ2) is 6.39. The molecule has 0 aliphatic heterocycles. The first-order chi connectivity index (χ1) is 8.29. The highest BCUT2D eigenvalue weighted by Crippen LogP contribution is 2.30. The lowest BCUT2D eigenvalue weighted by molar-refractivity contribution is -0.122. The van der Waals surface area contributed by atoms with Crippen LogP contribution in [0.2, 0.25) is 0 Å². The minimum absolute atomic E-state index is 0.260. The monoisotopic (exact) mass is 238 g/mol. The van der Waals surface area contributed by atoms with Crippen molar-refractivity contribution in [3.05, 3.63) is 0 Å². The van der Waals surface area contributed by atoms with Gasteiger partial charge in [-0.1, -0.05) is 19.3 Å². The summed E-state index contributed by atoms with van der Waals surface area (Å²) in [6.45, 7) is 1.64. The van der Waals surface area contributed by atoms with Crippen LogP contribution in [-0.2, 0) is 4.79 Å². The summed E-state index contributed by atoms with van der Waals surface area (Å²) in [6.07, 6.45) is 9.68. The largest absolute Gasteiger partial charge is 0.356 e. The molecule has 2 fully saturated rings. The van der Waals surface area contributed by atoms with Gasteiger partial charge in [0.15, 0.2) is 0 Å². The van der Waals surface area contributed by atoms with E-state index in [1.807, 2.05) is 0 Å². The number of rotatable bonds is 5. The molecule has 2 saturated carbocycles. The van der Waals surface area contributed by atoms with Crippen molar-refractivity contribution < 1.29 is 4.79 Å². The second-order valence-corrected chi connectivity index (χ2v) is 5.85. The number of amides is 1. The van der Waals surface area contributed by atoms with Crippen molar-refractivity contribution in [2.24, 2.45) is 23.5 Å². The summed E-state index contributed by atoms with van der Waals surface area (Å²) in [5.74, 6) is 2.19. The van der Waals surface area contributed by atoms with E-state index in [1.54, 1.807) is 0 Å². The predicted molar refractivity (Wildman–Crippen MR) is 69.5 cm³/mol. The van der Waals surface area contributed by atoms with Gasteiger partial charge >= 0.3 is 0 Å². The van der Waals surface area contributed by atoms with E-state index in [-0.39, 0.29) is 5.91 Å². The highest BCUT2D eigenvalue weighted by Gasteiger charge is 2.25. The van der Waals surface area contributed by atoms with Crippen molar-refractivity contribution in [3.63, 3.8) is 0 Å². The lowest BCUT2D eigenvalue weighted by Crippen LogP contribution is -2.37. The zero-order valence-corrected chi connectivity index (χ0v) is 10.8. The van der Waals surface area contributed by atoms with Crippen molar-refractivity contribution in [1.82, 2.24) is 5.32 Å². The zero-order chi connectivity index (χ0) is 12.1. The van der Waals surface area contributed by atoms with Gasteiger partial charge < -0.3 is 11.1 Å². The third-order valence-electron chi connectivity index (χ3n) is 4.63. The van der Waals surface area contributed by atoms with Gasteiger partial charge in [0.2, 0.25) is 5.91 Å². The SMILES string of the molecule is NCC1CCCCC1CNC(=O)CC1CCC1. The van der Waals surface area contributed by atoms with Crippen LogP contribution in [0.1, 0.15) is 51.4 Å². The Hall–Kier alpha value is -0.570. The van der Waals surface area contributed by atoms with Crippen LogP contribution in [0.3, 0.4) is 0 Å². The van der Waals surface area contributed by atoms with E-state index in [9.17, 15) is 4.79 Å². The van der Waals surface area contributed by atoms with Crippen LogP contribution >= 0.6 is 0 Å². The van der Waals surface area contributed by atoms with Gasteiger partial charge in [-0.3, -0.25) is 4.79 Å². The first-order valence-electron chi connectivity index (χ1n) is 7.26. The molecule has 2 aliphatic rings. The number of hydrogen-bond donors (Lipinski definition) is 2. The molecule has 98 valence electrons. The molecule has 0 aromatic heterocycles. The number of nitrogens with two attached hydrogens (primary N) is 1. The summed E-state index contributed by atoms with van der Waals surface area (Å²) in [5.41, 5.74) is 5.80. The molecule has 2 rings (SSSR count). The molecule has 2 atom stereocenters. The van der Waals surface area contributed by atoms with Gasteiger partial charge in [0.25, 0.3) is 0 Å². The minimum atomic E-state index is 0.260. The quantitative estimate of drug-likeness (QED) is 0.770. The first kappa shape index (κ1) is 12.9. The Labute approximate surface area is 105 Å². The third kappa shape index (κ3) is 3.70. The third-order valence-corrected chi connectivity index (χ3v) is 4.63. The van der Waals surface area contributed by atoms with Gasteiger partial charge in [-0.25, -0.2) is 0 Å². The molecule has 2 unspecified atom stereocenters. The molecule has 0 saturated heterocycles. The van der Waals surface area contributed by atoms with Gasteiger partial charge in [-0.05, 0) is 50.0 Å². The smallest absolute Gasteiger partial charge is 0.220 e. The van der Waals surface area contributed by atoms with Crippen molar-refractivity contribution >= 4 is 5.91 Å². The Balaban J connectivity index is 1.66. The normalized spacial score (nSPS) is 29.7. The van der Waals surface area contributed by atoms with Crippen molar-refractivity contribution in [2.75, 3.05) is 13.1 Å². The Kier molecular flexibility index (Phi) is 4.84. The van der Waals surface area contributed by atoms with Crippen molar-refractivity contribution in [2.45, 2.75) is 51.4 Å². The molecule has 0 bridgehead atoms. The van der Waals surface area contributed by atoms with E-state index in [0.717, 1.165) is 19.5 Å². The molecule has 0 radical (unpaired) electrons. The average molecular weight is 238 g/mol. The Bertz CT molecular complexity index is 251. The lowest BCUT2D eigenvalue weighted by atomic mass is 9.79. The molecule has 3 heteroatoms. The van der Waals surface area contributed by atoms with Crippen LogP contribution in [0.4, 0.5) is 0 Å². The van der Waals surface area contributed by atoms with Crippen LogP contribution in [0.5, 0.6) is 0 Å². The number of carbonyl (C=O) groups excluding carboxylic acids is 1. The average Bonchev–Trinajstić information content (AvgIpc) is 2.31. The molecule has 1 amide bonds. The minimum Gasteiger partial charge on any atom is -0.356 e. The van der Waals surface area contributed by atoms with Crippen LogP contribution in [-0.4, -0.2) is 19.0 Å². The van der Waals surface area contributed by atoms with Crippen LogP contribution in [0.15, 0.2) is 0 Å². The summed E-state index contributed by atoms with van der Waals surface area (Å²) < 4.78 is 0. The van der Waals surface area contributed by atoms with Crippen LogP contribution in [0.25, 0.3) is 0 Å². The van der Waals surface area contributed by atoms with Crippen molar-refractivity contribution in [3.8, 4) is 0 Å². The molecule has 0 heterocycles. The van der Waals surface area contributed by atoms with E-state index in [2.05, 4.69) is 5.32 Å². The fourth-order valence-corrected chi connectivity index (χ4v) is 3.14. The molecule has 0 aromatic carbocycles. The highest BCUT2D eigenvalue weighted by atomic mass is 16.1. The number of nitrogens with one attached hydrogen (secondary N) is 1. The van der Waals surface area contributed by atoms with E-state index >= 15 is 0 Å². The summed E-state index contributed by atoms with van der Waals surface area (Å²) in [6, 6.07) is 0. The van der Waals surface area contributed by atoms with Crippen LogP contribution < -0.4 is 11.1 Å². The summed E-state index contributed by atoms with van der Waals surface area (Å²) in [5, 5.41) is 3.12. The maximum Gasteiger partial charge on any atom is 0.220 e. The molecular formula is C14H26N2O. The predicted octanol–water partition coefficient (Wildman–Crippen LogP) is 2.06. The number of carbonyl (C=O) groups is 1. The lowest BCUT2D eigenvalue weighted by Gasteiger charge is -2.31. The Morgan fingerprint density at radius 2 is 1.76 bits per heavy atom. The fourth-order valence-electron chi connectivity index (χ4n) is 3.14. The summed E-state index contributed by atoms with van der Waals surface area (Å²) in [7, 11) is 0. The maximum absolute atomic E-state index is 11.7. The van der Waals surface area contributed by atoms with Crippen LogP contribution in [0, 0.1) is 17.8 Å². The highest BCUT2D eigenvalue weighted by molar-refractivity contribution is 5.76. The number of hydrogen-bond acceptors (Lipinski definition) is 2. The molecule has 0 spiro atoms. The molecule has 17 heavy (non-hydrogen) atoms. The molecule has 2 aliphatic carbocycles.